The molecule has 0 fully saturated rings. The van der Waals surface area contributed by atoms with Gasteiger partial charge in [0.2, 0.25) is 0 Å². The van der Waals surface area contributed by atoms with E-state index in [2.05, 4.69) is 19.7 Å². The first-order chi connectivity index (χ1) is 20.2. The van der Waals surface area contributed by atoms with Gasteiger partial charge in [-0.15, -0.1) is 0 Å². The Morgan fingerprint density at radius 3 is 1.95 bits per heavy atom. The van der Waals surface area contributed by atoms with E-state index < -0.39 is 17.8 Å². The molecule has 0 saturated carbocycles. The first-order valence-electron chi connectivity index (χ1n) is 13.4. The average Bonchev–Trinajstić information content (AvgIpc) is 2.99. The summed E-state index contributed by atoms with van der Waals surface area (Å²) >= 11 is 0. The lowest BCUT2D eigenvalue weighted by molar-refractivity contribution is -0.139. The van der Waals surface area contributed by atoms with Crippen LogP contribution in [0.1, 0.15) is 32.6 Å². The van der Waals surface area contributed by atoms with Crippen molar-refractivity contribution in [1.82, 2.24) is 0 Å². The molecule has 0 spiro atoms. The van der Waals surface area contributed by atoms with Crippen molar-refractivity contribution in [3.8, 4) is 39.5 Å². The number of rotatable bonds is 15. The summed E-state index contributed by atoms with van der Waals surface area (Å²) in [5.41, 5.74) is 2.57. The Bertz CT molecular complexity index is 1460. The summed E-state index contributed by atoms with van der Waals surface area (Å²) in [4.78, 5) is 34.8. The largest absolute Gasteiger partial charge is 0.494 e. The fourth-order valence-corrected chi connectivity index (χ4v) is 3.85. The van der Waals surface area contributed by atoms with Crippen LogP contribution in [0.5, 0.6) is 17.2 Å². The molecule has 0 atom stereocenters. The Balaban J connectivity index is 1.59. The third-order valence-corrected chi connectivity index (χ3v) is 6.05. The molecule has 8 heteroatoms. The van der Waals surface area contributed by atoms with Crippen molar-refractivity contribution in [3.05, 3.63) is 104 Å². The van der Waals surface area contributed by atoms with Gasteiger partial charge in [-0.05, 0) is 79.6 Å². The van der Waals surface area contributed by atoms with Gasteiger partial charge in [0.25, 0.3) is 0 Å². The Hall–Kier alpha value is -4.98. The van der Waals surface area contributed by atoms with Crippen LogP contribution in [0.25, 0.3) is 22.3 Å². The van der Waals surface area contributed by atoms with Crippen LogP contribution < -0.4 is 14.2 Å². The Labute approximate surface area is 244 Å². The average molecular weight is 573 g/mol. The van der Waals surface area contributed by atoms with E-state index in [9.17, 15) is 14.4 Å². The third-order valence-electron chi connectivity index (χ3n) is 6.05. The Morgan fingerprint density at radius 2 is 1.33 bits per heavy atom. The highest BCUT2D eigenvalue weighted by atomic mass is 19.1. The number of benzene rings is 3. The minimum atomic E-state index is -0.759. The smallest absolute Gasteiger partial charge is 0.335 e. The number of unbranched alkanes of at least 4 members (excludes halogenated alkanes) is 3. The maximum atomic E-state index is 15.2. The van der Waals surface area contributed by atoms with Crippen LogP contribution >= 0.6 is 0 Å². The number of ether oxygens (including phenoxy) is 4. The normalized spacial score (nSPS) is 10.3. The molecule has 0 amide bonds. The zero-order chi connectivity index (χ0) is 30.5. The quantitative estimate of drug-likeness (QED) is 0.0811. The molecule has 0 aromatic heterocycles. The molecule has 7 nitrogen and oxygen atoms in total. The van der Waals surface area contributed by atoms with Gasteiger partial charge in [-0.1, -0.05) is 50.1 Å². The zero-order valence-corrected chi connectivity index (χ0v) is 23.5. The molecule has 3 rings (SSSR count). The van der Waals surface area contributed by atoms with Crippen molar-refractivity contribution in [2.75, 3.05) is 13.2 Å². The number of hydrogen-bond acceptors (Lipinski definition) is 7. The Kier molecular flexibility index (Phi) is 11.8. The van der Waals surface area contributed by atoms with Gasteiger partial charge in [0.15, 0.2) is 11.5 Å². The lowest BCUT2D eigenvalue weighted by Gasteiger charge is -2.12. The molecular weight excluding hydrogens is 539 g/mol. The summed E-state index contributed by atoms with van der Waals surface area (Å²) < 4.78 is 36.4. The number of hydrogen-bond donors (Lipinski definition) is 0. The predicted molar refractivity (Wildman–Crippen MR) is 159 cm³/mol. The second kappa shape index (κ2) is 15.7. The molecule has 218 valence electrons. The highest BCUT2D eigenvalue weighted by Gasteiger charge is 2.15. The molecule has 3 aromatic carbocycles. The summed E-state index contributed by atoms with van der Waals surface area (Å²) in [7, 11) is 0. The van der Waals surface area contributed by atoms with Gasteiger partial charge in [0.05, 0.1) is 13.2 Å². The van der Waals surface area contributed by atoms with Crippen LogP contribution in [-0.4, -0.2) is 31.1 Å². The monoisotopic (exact) mass is 572 g/mol. The first kappa shape index (κ1) is 31.5. The van der Waals surface area contributed by atoms with Crippen LogP contribution in [0.4, 0.5) is 4.39 Å². The lowest BCUT2D eigenvalue weighted by Crippen LogP contribution is -2.08. The van der Waals surface area contributed by atoms with Crippen LogP contribution in [0.3, 0.4) is 0 Å². The second-order valence-electron chi connectivity index (χ2n) is 9.31. The van der Waals surface area contributed by atoms with E-state index >= 15 is 4.39 Å². The molecule has 0 N–H and O–H groups in total. The lowest BCUT2D eigenvalue weighted by atomic mass is 9.99. The number of esters is 3. The summed E-state index contributed by atoms with van der Waals surface area (Å²) in [6.45, 7) is 12.8. The van der Waals surface area contributed by atoms with E-state index in [0.29, 0.717) is 35.7 Å². The second-order valence-corrected chi connectivity index (χ2v) is 9.31. The third kappa shape index (κ3) is 9.30. The zero-order valence-electron chi connectivity index (χ0n) is 23.5. The minimum absolute atomic E-state index is 0.0141. The fourth-order valence-electron chi connectivity index (χ4n) is 3.85. The molecular formula is C34H33FO7. The highest BCUT2D eigenvalue weighted by Crippen LogP contribution is 2.35. The summed E-state index contributed by atoms with van der Waals surface area (Å²) in [6.07, 6.45) is 5.49. The van der Waals surface area contributed by atoms with Gasteiger partial charge in [0.1, 0.15) is 11.6 Å². The number of halogens is 1. The van der Waals surface area contributed by atoms with Crippen molar-refractivity contribution >= 4 is 17.9 Å². The van der Waals surface area contributed by atoms with Crippen molar-refractivity contribution < 1.29 is 37.7 Å². The van der Waals surface area contributed by atoms with Gasteiger partial charge < -0.3 is 18.9 Å². The standard InChI is InChI=1S/C34H33FO7/c1-5-32(36)41-30-18-14-26(22-31(30)42-33(37)6-2)28-17-13-25(21-29(28)35)24-11-15-27(16-12-24)39-19-9-7-8-10-20-40-34(38)23(3)4/h5-6,11-18,21-22H,1-3,7-10,19-20H2,4H3. The van der Waals surface area contributed by atoms with Gasteiger partial charge in [0, 0.05) is 23.3 Å². The molecule has 0 aliphatic rings. The fraction of sp³-hybridized carbons (Fsp3) is 0.206. The Morgan fingerprint density at radius 1 is 0.738 bits per heavy atom. The minimum Gasteiger partial charge on any atom is -0.494 e. The van der Waals surface area contributed by atoms with Crippen LogP contribution in [-0.2, 0) is 19.1 Å². The van der Waals surface area contributed by atoms with Crippen molar-refractivity contribution in [2.24, 2.45) is 0 Å². The molecule has 0 heterocycles. The summed E-state index contributed by atoms with van der Waals surface area (Å²) in [5.74, 6) is -1.70. The molecule has 0 saturated heterocycles. The molecule has 0 unspecified atom stereocenters. The van der Waals surface area contributed by atoms with E-state index in [1.165, 1.54) is 18.2 Å². The molecule has 0 aliphatic heterocycles. The molecule has 3 aromatic rings. The molecule has 0 aliphatic carbocycles. The van der Waals surface area contributed by atoms with Gasteiger partial charge in [-0.25, -0.2) is 18.8 Å². The first-order valence-corrected chi connectivity index (χ1v) is 13.4. The molecule has 0 radical (unpaired) electrons. The number of carbonyl (C=O) groups is 3. The van der Waals surface area contributed by atoms with E-state index in [1.807, 2.05) is 24.3 Å². The van der Waals surface area contributed by atoms with Crippen molar-refractivity contribution in [1.29, 1.82) is 0 Å². The van der Waals surface area contributed by atoms with Gasteiger partial charge in [-0.3, -0.25) is 0 Å². The van der Waals surface area contributed by atoms with Gasteiger partial charge in [-0.2, -0.15) is 0 Å². The maximum absolute atomic E-state index is 15.2. The van der Waals surface area contributed by atoms with Crippen molar-refractivity contribution in [2.45, 2.75) is 32.6 Å². The molecule has 0 bridgehead atoms. The van der Waals surface area contributed by atoms with E-state index in [0.717, 1.165) is 43.4 Å². The summed E-state index contributed by atoms with van der Waals surface area (Å²) in [5, 5.41) is 0. The summed E-state index contributed by atoms with van der Waals surface area (Å²) in [6, 6.07) is 16.6. The van der Waals surface area contributed by atoms with Gasteiger partial charge >= 0.3 is 17.9 Å². The molecule has 42 heavy (non-hydrogen) atoms. The van der Waals surface area contributed by atoms with Crippen LogP contribution in [0.2, 0.25) is 0 Å². The van der Waals surface area contributed by atoms with E-state index in [4.69, 9.17) is 18.9 Å². The van der Waals surface area contributed by atoms with E-state index in [-0.39, 0.29) is 23.0 Å². The number of carbonyl (C=O) groups excluding carboxylic acids is 3. The van der Waals surface area contributed by atoms with E-state index in [1.54, 1.807) is 25.1 Å². The van der Waals surface area contributed by atoms with Crippen LogP contribution in [0.15, 0.2) is 98.1 Å². The predicted octanol–water partition coefficient (Wildman–Crippen LogP) is 7.40. The SMILES string of the molecule is C=CC(=O)Oc1ccc(-c2ccc(-c3ccc(OCCCCCCOC(=O)C(=C)C)cc3)cc2F)cc1OC(=O)C=C. The maximum Gasteiger partial charge on any atom is 0.335 e. The van der Waals surface area contributed by atoms with Crippen molar-refractivity contribution in [3.63, 3.8) is 0 Å². The highest BCUT2D eigenvalue weighted by molar-refractivity contribution is 5.87. The van der Waals surface area contributed by atoms with Crippen LogP contribution in [0, 0.1) is 5.82 Å². The topological polar surface area (TPSA) is 88.1 Å².